The zero-order valence-corrected chi connectivity index (χ0v) is 10.2. The first-order valence-electron chi connectivity index (χ1n) is 5.33. The van der Waals surface area contributed by atoms with Crippen LogP contribution in [0.2, 0.25) is 5.02 Å². The van der Waals surface area contributed by atoms with Gasteiger partial charge in [0.1, 0.15) is 11.4 Å². The summed E-state index contributed by atoms with van der Waals surface area (Å²) in [6.07, 6.45) is 4.61. The molecule has 0 bridgehead atoms. The van der Waals surface area contributed by atoms with Crippen LogP contribution in [-0.4, -0.2) is 25.2 Å². The number of halogens is 1. The van der Waals surface area contributed by atoms with E-state index < -0.39 is 0 Å². The van der Waals surface area contributed by atoms with E-state index in [0.717, 1.165) is 0 Å². The fourth-order valence-electron chi connectivity index (χ4n) is 1.53. The number of hydrogen-bond acceptors (Lipinski definition) is 6. The van der Waals surface area contributed by atoms with Crippen molar-refractivity contribution in [1.82, 2.24) is 20.1 Å². The van der Waals surface area contributed by atoms with Crippen LogP contribution in [0.1, 0.15) is 0 Å². The monoisotopic (exact) mass is 274 g/mol. The number of aromatic hydroxyl groups is 1. The minimum Gasteiger partial charge on any atom is -0.508 e. The lowest BCUT2D eigenvalue weighted by Gasteiger charge is -1.98. The molecule has 94 valence electrons. The fraction of sp³-hybridized carbons (Fsp3) is 0. The molecule has 0 aliphatic rings. The maximum absolute atomic E-state index is 9.45. The van der Waals surface area contributed by atoms with Crippen LogP contribution >= 0.6 is 11.6 Å². The van der Waals surface area contributed by atoms with Crippen molar-refractivity contribution in [3.8, 4) is 28.7 Å². The molecule has 3 aromatic rings. The van der Waals surface area contributed by atoms with Gasteiger partial charge in [0.25, 0.3) is 5.89 Å². The molecule has 2 aromatic heterocycles. The summed E-state index contributed by atoms with van der Waals surface area (Å²) in [5.74, 6) is 0.586. The van der Waals surface area contributed by atoms with Gasteiger partial charge in [-0.15, -0.1) is 0 Å². The molecule has 1 N–H and O–H groups in total. The maximum Gasteiger partial charge on any atom is 0.259 e. The number of aromatic nitrogens is 4. The second-order valence-electron chi connectivity index (χ2n) is 3.68. The van der Waals surface area contributed by atoms with Crippen molar-refractivity contribution < 1.29 is 9.63 Å². The Hall–Kier alpha value is -2.47. The van der Waals surface area contributed by atoms with Crippen molar-refractivity contribution in [1.29, 1.82) is 0 Å². The number of hydrogen-bond donors (Lipinski definition) is 1. The Bertz CT molecular complexity index is 715. The molecule has 0 spiro atoms. The molecule has 6 nitrogen and oxygen atoms in total. The van der Waals surface area contributed by atoms with E-state index in [1.54, 1.807) is 12.3 Å². The number of phenolic OH excluding ortho intramolecular Hbond substituents is 1. The van der Waals surface area contributed by atoms with Gasteiger partial charge in [0.15, 0.2) is 0 Å². The highest BCUT2D eigenvalue weighted by Crippen LogP contribution is 2.30. The van der Waals surface area contributed by atoms with E-state index in [4.69, 9.17) is 16.1 Å². The summed E-state index contributed by atoms with van der Waals surface area (Å²) < 4.78 is 5.12. The second-order valence-corrected chi connectivity index (χ2v) is 4.09. The predicted molar refractivity (Wildman–Crippen MR) is 67.4 cm³/mol. The molecule has 0 saturated carbocycles. The molecule has 0 radical (unpaired) electrons. The van der Waals surface area contributed by atoms with Crippen LogP contribution in [0.3, 0.4) is 0 Å². The van der Waals surface area contributed by atoms with E-state index in [1.807, 2.05) is 0 Å². The molecular formula is C12H7ClN4O2. The van der Waals surface area contributed by atoms with Crippen molar-refractivity contribution in [3.05, 3.63) is 41.8 Å². The van der Waals surface area contributed by atoms with E-state index in [0.29, 0.717) is 22.1 Å². The summed E-state index contributed by atoms with van der Waals surface area (Å²) in [5.41, 5.74) is 0.957. The number of benzene rings is 1. The Morgan fingerprint density at radius 2 is 2.11 bits per heavy atom. The Morgan fingerprint density at radius 3 is 2.89 bits per heavy atom. The van der Waals surface area contributed by atoms with Crippen LogP contribution in [0.5, 0.6) is 5.75 Å². The minimum atomic E-state index is 0.0682. The molecule has 0 amide bonds. The second kappa shape index (κ2) is 4.66. The van der Waals surface area contributed by atoms with Gasteiger partial charge in [0.2, 0.25) is 5.82 Å². The number of nitrogens with zero attached hydrogens (tertiary/aromatic N) is 4. The Morgan fingerprint density at radius 1 is 1.21 bits per heavy atom. The summed E-state index contributed by atoms with van der Waals surface area (Å²) in [7, 11) is 0. The third-order valence-corrected chi connectivity index (χ3v) is 2.73. The molecule has 2 heterocycles. The standard InChI is InChI=1S/C12H7ClN4O2/c13-9-2-1-7(18)5-8(9)12-16-11(17-19-12)10-6-14-3-4-15-10/h1-6,18H. The number of phenols is 1. The van der Waals surface area contributed by atoms with Gasteiger partial charge in [-0.05, 0) is 18.2 Å². The Balaban J connectivity index is 2.04. The quantitative estimate of drug-likeness (QED) is 0.773. The largest absolute Gasteiger partial charge is 0.508 e. The summed E-state index contributed by atoms with van der Waals surface area (Å²) in [6.45, 7) is 0. The van der Waals surface area contributed by atoms with E-state index in [-0.39, 0.29) is 11.6 Å². The summed E-state index contributed by atoms with van der Waals surface area (Å²) in [6, 6.07) is 4.49. The molecule has 19 heavy (non-hydrogen) atoms. The van der Waals surface area contributed by atoms with Crippen LogP contribution in [-0.2, 0) is 0 Å². The molecule has 0 aliphatic carbocycles. The SMILES string of the molecule is Oc1ccc(Cl)c(-c2nc(-c3cnccn3)no2)c1. The molecule has 0 saturated heterocycles. The highest BCUT2D eigenvalue weighted by molar-refractivity contribution is 6.33. The van der Waals surface area contributed by atoms with Gasteiger partial charge in [-0.2, -0.15) is 4.98 Å². The minimum absolute atomic E-state index is 0.0682. The van der Waals surface area contributed by atoms with Crippen LogP contribution in [0, 0.1) is 0 Å². The molecule has 3 rings (SSSR count). The zero-order valence-electron chi connectivity index (χ0n) is 9.49. The molecule has 0 unspecified atom stereocenters. The first-order valence-corrected chi connectivity index (χ1v) is 5.71. The number of rotatable bonds is 2. The van der Waals surface area contributed by atoms with Crippen molar-refractivity contribution in [2.45, 2.75) is 0 Å². The smallest absolute Gasteiger partial charge is 0.259 e. The fourth-order valence-corrected chi connectivity index (χ4v) is 1.73. The van der Waals surface area contributed by atoms with Crippen molar-refractivity contribution in [3.63, 3.8) is 0 Å². The molecule has 0 fully saturated rings. The van der Waals surface area contributed by atoms with Gasteiger partial charge in [0, 0.05) is 12.4 Å². The van der Waals surface area contributed by atoms with Crippen LogP contribution in [0.25, 0.3) is 23.0 Å². The van der Waals surface area contributed by atoms with Crippen LogP contribution in [0.15, 0.2) is 41.3 Å². The molecule has 7 heteroatoms. The highest BCUT2D eigenvalue weighted by Gasteiger charge is 2.14. The molecule has 1 aromatic carbocycles. The summed E-state index contributed by atoms with van der Waals surface area (Å²) in [5, 5.41) is 13.7. The van der Waals surface area contributed by atoms with Crippen molar-refractivity contribution >= 4 is 11.6 Å². The van der Waals surface area contributed by atoms with Gasteiger partial charge in [-0.3, -0.25) is 4.98 Å². The van der Waals surface area contributed by atoms with Crippen LogP contribution in [0.4, 0.5) is 0 Å². The van der Waals surface area contributed by atoms with E-state index in [9.17, 15) is 5.11 Å². The zero-order chi connectivity index (χ0) is 13.2. The first-order chi connectivity index (χ1) is 9.24. The molecular weight excluding hydrogens is 268 g/mol. The van der Waals surface area contributed by atoms with E-state index in [2.05, 4.69) is 20.1 Å². The van der Waals surface area contributed by atoms with Gasteiger partial charge in [-0.1, -0.05) is 16.8 Å². The Kier molecular flexibility index (Phi) is 2.85. The third-order valence-electron chi connectivity index (χ3n) is 2.40. The first kappa shape index (κ1) is 11.6. The lowest BCUT2D eigenvalue weighted by atomic mass is 10.2. The van der Waals surface area contributed by atoms with E-state index in [1.165, 1.54) is 24.5 Å². The molecule has 0 aliphatic heterocycles. The van der Waals surface area contributed by atoms with Gasteiger partial charge >= 0.3 is 0 Å². The average molecular weight is 275 g/mol. The Labute approximate surface area is 112 Å². The van der Waals surface area contributed by atoms with Gasteiger partial charge in [-0.25, -0.2) is 4.98 Å². The highest BCUT2D eigenvalue weighted by atomic mass is 35.5. The average Bonchev–Trinajstić information content (AvgIpc) is 2.92. The summed E-state index contributed by atoms with van der Waals surface area (Å²) in [4.78, 5) is 12.2. The van der Waals surface area contributed by atoms with Gasteiger partial charge in [0.05, 0.1) is 16.8 Å². The summed E-state index contributed by atoms with van der Waals surface area (Å²) >= 11 is 6.02. The van der Waals surface area contributed by atoms with E-state index >= 15 is 0 Å². The van der Waals surface area contributed by atoms with Crippen molar-refractivity contribution in [2.24, 2.45) is 0 Å². The molecule has 0 atom stereocenters. The lowest BCUT2D eigenvalue weighted by molar-refractivity contribution is 0.431. The van der Waals surface area contributed by atoms with Gasteiger partial charge < -0.3 is 9.63 Å². The normalized spacial score (nSPS) is 10.6. The topological polar surface area (TPSA) is 84.9 Å². The van der Waals surface area contributed by atoms with Crippen molar-refractivity contribution in [2.75, 3.05) is 0 Å². The predicted octanol–water partition coefficient (Wildman–Crippen LogP) is 2.55. The lowest BCUT2D eigenvalue weighted by Crippen LogP contribution is -1.86. The third kappa shape index (κ3) is 2.25. The van der Waals surface area contributed by atoms with Crippen LogP contribution < -0.4 is 0 Å². The maximum atomic E-state index is 9.45.